The summed E-state index contributed by atoms with van der Waals surface area (Å²) >= 11 is 0. The number of halogens is 3. The van der Waals surface area contributed by atoms with E-state index in [1.807, 2.05) is 66.7 Å². The predicted octanol–water partition coefficient (Wildman–Crippen LogP) is 8.32. The summed E-state index contributed by atoms with van der Waals surface area (Å²) in [6.45, 7) is 1.57. The van der Waals surface area contributed by atoms with Crippen LogP contribution in [0.25, 0.3) is 44.0 Å². The number of fused-ring (bicyclic) bond motifs is 3. The predicted molar refractivity (Wildman–Crippen MR) is 129 cm³/mol. The molecule has 0 saturated heterocycles. The van der Waals surface area contributed by atoms with Crippen molar-refractivity contribution in [3.63, 3.8) is 0 Å². The Morgan fingerprint density at radius 3 is 2.11 bits per heavy atom. The van der Waals surface area contributed by atoms with Gasteiger partial charge in [0.05, 0.1) is 5.56 Å². The summed E-state index contributed by atoms with van der Waals surface area (Å²) < 4.78 is 51.3. The van der Waals surface area contributed by atoms with Gasteiger partial charge in [0.15, 0.2) is 5.76 Å². The maximum Gasteiger partial charge on any atom is 0.416 e. The van der Waals surface area contributed by atoms with Crippen LogP contribution in [0.15, 0.2) is 89.3 Å². The third kappa shape index (κ3) is 3.75. The Hall–Kier alpha value is -4.39. The zero-order chi connectivity index (χ0) is 24.2. The van der Waals surface area contributed by atoms with E-state index in [0.29, 0.717) is 22.4 Å². The minimum Gasteiger partial charge on any atom is -0.454 e. The molecule has 6 aromatic rings. The zero-order valence-corrected chi connectivity index (χ0v) is 18.4. The number of furan rings is 1. The maximum atomic E-state index is 13.1. The molecule has 0 spiro atoms. The number of alkyl halides is 3. The summed E-state index contributed by atoms with van der Waals surface area (Å²) in [5.74, 6) is 1.04. The third-order valence-electron chi connectivity index (χ3n) is 5.98. The van der Waals surface area contributed by atoms with E-state index in [1.165, 1.54) is 6.07 Å². The lowest BCUT2D eigenvalue weighted by molar-refractivity contribution is -0.137. The Morgan fingerprint density at radius 1 is 0.743 bits per heavy atom. The standard InChI is InChI=1S/C28H17F3N2O2/c1-16-12-20(28(29,30)31)10-11-23(16)35-27-22-14-18-7-3-2-6-17(18)13-21(22)26(32-33-27)25-15-19-8-4-5-9-24(19)34-25/h2-15H,1H3. The number of hydrogen-bond donors (Lipinski definition) is 0. The molecule has 0 atom stereocenters. The second-order valence-electron chi connectivity index (χ2n) is 8.33. The van der Waals surface area contributed by atoms with Crippen molar-refractivity contribution in [3.05, 3.63) is 96.1 Å². The van der Waals surface area contributed by atoms with Crippen LogP contribution in [0.1, 0.15) is 11.1 Å². The molecule has 0 aliphatic carbocycles. The molecule has 172 valence electrons. The molecule has 0 aliphatic heterocycles. The fourth-order valence-electron chi connectivity index (χ4n) is 4.22. The van der Waals surface area contributed by atoms with E-state index in [1.54, 1.807) is 6.92 Å². The van der Waals surface area contributed by atoms with Crippen molar-refractivity contribution >= 4 is 32.5 Å². The fourth-order valence-corrected chi connectivity index (χ4v) is 4.22. The number of nitrogens with zero attached hydrogens (tertiary/aromatic N) is 2. The van der Waals surface area contributed by atoms with Crippen molar-refractivity contribution < 1.29 is 22.3 Å². The van der Waals surface area contributed by atoms with Gasteiger partial charge in [0, 0.05) is 16.2 Å². The van der Waals surface area contributed by atoms with Gasteiger partial charge in [0.1, 0.15) is 17.0 Å². The van der Waals surface area contributed by atoms with Gasteiger partial charge in [0.25, 0.3) is 0 Å². The maximum absolute atomic E-state index is 13.1. The van der Waals surface area contributed by atoms with E-state index in [0.717, 1.165) is 39.3 Å². The first-order valence-electron chi connectivity index (χ1n) is 10.9. The number of aryl methyl sites for hydroxylation is 1. The molecule has 0 radical (unpaired) electrons. The molecule has 0 fully saturated rings. The molecule has 4 aromatic carbocycles. The average molecular weight is 470 g/mol. The van der Waals surface area contributed by atoms with Crippen molar-refractivity contribution in [1.29, 1.82) is 0 Å². The molecule has 0 saturated carbocycles. The number of rotatable bonds is 3. The highest BCUT2D eigenvalue weighted by molar-refractivity contribution is 6.05. The minimum absolute atomic E-state index is 0.202. The normalized spacial score (nSPS) is 12.0. The second-order valence-corrected chi connectivity index (χ2v) is 8.33. The monoisotopic (exact) mass is 470 g/mol. The fraction of sp³-hybridized carbons (Fsp3) is 0.0714. The van der Waals surface area contributed by atoms with E-state index < -0.39 is 11.7 Å². The highest BCUT2D eigenvalue weighted by Crippen LogP contribution is 2.39. The van der Waals surface area contributed by atoms with E-state index in [-0.39, 0.29) is 11.6 Å². The first kappa shape index (κ1) is 21.2. The molecule has 35 heavy (non-hydrogen) atoms. The van der Waals surface area contributed by atoms with Crippen LogP contribution in [0, 0.1) is 6.92 Å². The van der Waals surface area contributed by atoms with Gasteiger partial charge in [-0.15, -0.1) is 10.2 Å². The smallest absolute Gasteiger partial charge is 0.416 e. The summed E-state index contributed by atoms with van der Waals surface area (Å²) in [7, 11) is 0. The van der Waals surface area contributed by atoms with Crippen molar-refractivity contribution in [3.8, 4) is 23.1 Å². The third-order valence-corrected chi connectivity index (χ3v) is 5.98. The molecule has 0 N–H and O–H groups in total. The Kier molecular flexibility index (Phi) is 4.74. The van der Waals surface area contributed by atoms with E-state index in [2.05, 4.69) is 10.2 Å². The van der Waals surface area contributed by atoms with E-state index >= 15 is 0 Å². The van der Waals surface area contributed by atoms with Crippen LogP contribution in [-0.4, -0.2) is 10.2 Å². The summed E-state index contributed by atoms with van der Waals surface area (Å²) in [6.07, 6.45) is -4.43. The molecular formula is C28H17F3N2O2. The first-order valence-corrected chi connectivity index (χ1v) is 10.9. The largest absolute Gasteiger partial charge is 0.454 e. The molecule has 2 heterocycles. The van der Waals surface area contributed by atoms with E-state index in [9.17, 15) is 13.2 Å². The summed E-state index contributed by atoms with van der Waals surface area (Å²) in [5.41, 5.74) is 0.902. The minimum atomic E-state index is -4.43. The van der Waals surface area contributed by atoms with Gasteiger partial charge in [-0.2, -0.15) is 13.2 Å². The first-order chi connectivity index (χ1) is 16.9. The summed E-state index contributed by atoms with van der Waals surface area (Å²) in [5, 5.41) is 13.1. The lowest BCUT2D eigenvalue weighted by Gasteiger charge is -2.14. The van der Waals surface area contributed by atoms with Gasteiger partial charge in [-0.05, 0) is 65.7 Å². The Balaban J connectivity index is 1.53. The number of para-hydroxylation sites is 1. The Bertz CT molecular complexity index is 1710. The van der Waals surface area contributed by atoms with Crippen LogP contribution in [0.4, 0.5) is 13.2 Å². The Labute approximate surface area is 197 Å². The van der Waals surface area contributed by atoms with Gasteiger partial charge in [-0.1, -0.05) is 42.5 Å². The number of ether oxygens (including phenoxy) is 1. The van der Waals surface area contributed by atoms with Crippen molar-refractivity contribution in [2.24, 2.45) is 0 Å². The van der Waals surface area contributed by atoms with Gasteiger partial charge in [-0.3, -0.25) is 0 Å². The number of hydrogen-bond acceptors (Lipinski definition) is 4. The van der Waals surface area contributed by atoms with Gasteiger partial charge in [0.2, 0.25) is 5.88 Å². The van der Waals surface area contributed by atoms with Crippen LogP contribution >= 0.6 is 0 Å². The van der Waals surface area contributed by atoms with Crippen molar-refractivity contribution in [2.75, 3.05) is 0 Å². The molecule has 4 nitrogen and oxygen atoms in total. The zero-order valence-electron chi connectivity index (χ0n) is 18.4. The molecule has 0 bridgehead atoms. The van der Waals surface area contributed by atoms with Crippen LogP contribution < -0.4 is 4.74 Å². The van der Waals surface area contributed by atoms with Crippen molar-refractivity contribution in [1.82, 2.24) is 10.2 Å². The van der Waals surface area contributed by atoms with Crippen LogP contribution in [0.2, 0.25) is 0 Å². The molecule has 0 amide bonds. The molecule has 0 unspecified atom stereocenters. The second kappa shape index (κ2) is 7.84. The highest BCUT2D eigenvalue weighted by Gasteiger charge is 2.31. The molecule has 0 aliphatic rings. The summed E-state index contributed by atoms with van der Waals surface area (Å²) in [4.78, 5) is 0. The molecular weight excluding hydrogens is 453 g/mol. The van der Waals surface area contributed by atoms with Crippen LogP contribution in [-0.2, 0) is 6.18 Å². The lowest BCUT2D eigenvalue weighted by atomic mass is 10.0. The quantitative estimate of drug-likeness (QED) is 0.244. The average Bonchev–Trinajstić information content (AvgIpc) is 3.27. The summed E-state index contributed by atoms with van der Waals surface area (Å²) in [6, 6.07) is 24.7. The molecule has 7 heteroatoms. The Morgan fingerprint density at radius 2 is 1.43 bits per heavy atom. The van der Waals surface area contributed by atoms with Gasteiger partial charge >= 0.3 is 6.18 Å². The van der Waals surface area contributed by atoms with E-state index in [4.69, 9.17) is 9.15 Å². The topological polar surface area (TPSA) is 48.2 Å². The molecule has 6 rings (SSSR count). The van der Waals surface area contributed by atoms with Crippen LogP contribution in [0.3, 0.4) is 0 Å². The number of aromatic nitrogens is 2. The number of benzene rings is 4. The van der Waals surface area contributed by atoms with Gasteiger partial charge < -0.3 is 9.15 Å². The lowest BCUT2D eigenvalue weighted by Crippen LogP contribution is -2.05. The van der Waals surface area contributed by atoms with Gasteiger partial charge in [-0.25, -0.2) is 0 Å². The highest BCUT2D eigenvalue weighted by atomic mass is 19.4. The van der Waals surface area contributed by atoms with Crippen molar-refractivity contribution in [2.45, 2.75) is 13.1 Å². The van der Waals surface area contributed by atoms with Crippen LogP contribution in [0.5, 0.6) is 11.6 Å². The SMILES string of the molecule is Cc1cc(C(F)(F)F)ccc1Oc1nnc(-c2cc3ccccc3o2)c2cc3ccccc3cc12. The molecule has 2 aromatic heterocycles.